The van der Waals surface area contributed by atoms with E-state index in [2.05, 4.69) is 25.8 Å². The molecule has 0 saturated carbocycles. The molecule has 1 saturated heterocycles. The van der Waals surface area contributed by atoms with Crippen LogP contribution in [0.3, 0.4) is 0 Å². The lowest BCUT2D eigenvalue weighted by Crippen LogP contribution is -3.13. The minimum absolute atomic E-state index is 0.0229. The average molecular weight is 432 g/mol. The average Bonchev–Trinajstić information content (AvgIpc) is 3.05. The van der Waals surface area contributed by atoms with Crippen molar-refractivity contribution in [2.45, 2.75) is 60.4 Å². The van der Waals surface area contributed by atoms with Gasteiger partial charge in [0, 0.05) is 10.8 Å². The van der Waals surface area contributed by atoms with Gasteiger partial charge < -0.3 is 14.8 Å². The normalized spacial score (nSPS) is 20.7. The number of fused-ring (bicyclic) bond motifs is 3. The van der Waals surface area contributed by atoms with E-state index in [1.54, 1.807) is 11.3 Å². The lowest BCUT2D eigenvalue weighted by atomic mass is 9.72. The first-order valence-electron chi connectivity index (χ1n) is 11.3. The molecule has 0 aromatic carbocycles. The molecule has 6 nitrogen and oxygen atoms in total. The third kappa shape index (κ3) is 4.19. The number of H-pyrrole nitrogens is 1. The van der Waals surface area contributed by atoms with E-state index in [4.69, 9.17) is 4.98 Å². The number of piperazine rings is 1. The summed E-state index contributed by atoms with van der Waals surface area (Å²) in [5.74, 6) is 1.72. The van der Waals surface area contributed by atoms with Gasteiger partial charge in [0.1, 0.15) is 11.4 Å². The van der Waals surface area contributed by atoms with Crippen molar-refractivity contribution in [3.05, 3.63) is 26.6 Å². The van der Waals surface area contributed by atoms with Crippen LogP contribution in [0.25, 0.3) is 10.2 Å². The smallest absolute Gasteiger partial charge is 0.260 e. The first-order chi connectivity index (χ1) is 14.1. The molecule has 1 amide bonds. The van der Waals surface area contributed by atoms with Gasteiger partial charge in [-0.05, 0) is 36.2 Å². The highest BCUT2D eigenvalue weighted by atomic mass is 32.1. The zero-order valence-electron chi connectivity index (χ0n) is 18.9. The molecular formula is C23H35N4O2S+. The highest BCUT2D eigenvalue weighted by Gasteiger charge is 2.32. The molecule has 0 spiro atoms. The summed E-state index contributed by atoms with van der Waals surface area (Å²) in [6.07, 6.45) is 3.19. The number of hydrogen-bond acceptors (Lipinski definition) is 4. The van der Waals surface area contributed by atoms with Gasteiger partial charge in [0.2, 0.25) is 5.91 Å². The van der Waals surface area contributed by atoms with E-state index < -0.39 is 0 Å². The Kier molecular flexibility index (Phi) is 5.79. The fraction of sp³-hybridized carbons (Fsp3) is 0.696. The second-order valence-electron chi connectivity index (χ2n) is 10.4. The van der Waals surface area contributed by atoms with E-state index in [1.807, 2.05) is 18.7 Å². The molecule has 2 N–H and O–H groups in total. The van der Waals surface area contributed by atoms with Gasteiger partial charge in [0.05, 0.1) is 31.6 Å². The Morgan fingerprint density at radius 2 is 2.00 bits per heavy atom. The fourth-order valence-electron chi connectivity index (χ4n) is 4.87. The molecule has 2 aromatic heterocycles. The molecule has 4 rings (SSSR count). The van der Waals surface area contributed by atoms with E-state index in [-0.39, 0.29) is 17.4 Å². The van der Waals surface area contributed by atoms with Crippen LogP contribution in [0.5, 0.6) is 0 Å². The predicted octanol–water partition coefficient (Wildman–Crippen LogP) is 2.02. The van der Waals surface area contributed by atoms with Crippen molar-refractivity contribution in [3.8, 4) is 0 Å². The van der Waals surface area contributed by atoms with Gasteiger partial charge in [-0.3, -0.25) is 9.59 Å². The van der Waals surface area contributed by atoms with Gasteiger partial charge in [-0.15, -0.1) is 11.3 Å². The number of carbonyl (C=O) groups excluding carboxylic acids is 1. The third-order valence-corrected chi connectivity index (χ3v) is 8.03. The van der Waals surface area contributed by atoms with E-state index >= 15 is 0 Å². The Hall–Kier alpha value is -1.73. The van der Waals surface area contributed by atoms with Crippen molar-refractivity contribution >= 4 is 27.5 Å². The summed E-state index contributed by atoms with van der Waals surface area (Å²) < 4.78 is 0. The van der Waals surface area contributed by atoms with Gasteiger partial charge in [0.15, 0.2) is 5.82 Å². The molecule has 3 heterocycles. The zero-order chi connectivity index (χ0) is 21.6. The van der Waals surface area contributed by atoms with Crippen LogP contribution in [-0.4, -0.2) is 47.0 Å². The van der Waals surface area contributed by atoms with E-state index in [1.165, 1.54) is 15.3 Å². The maximum atomic E-state index is 12.9. The molecular weight excluding hydrogens is 396 g/mol. The Labute approximate surface area is 182 Å². The highest BCUT2D eigenvalue weighted by Crippen LogP contribution is 2.41. The molecule has 7 heteroatoms. The number of aromatic nitrogens is 2. The van der Waals surface area contributed by atoms with Gasteiger partial charge in [-0.1, -0.05) is 34.6 Å². The first-order valence-corrected chi connectivity index (χ1v) is 12.1. The quantitative estimate of drug-likeness (QED) is 0.781. The number of aryl methyl sites for hydroxylation is 1. The lowest BCUT2D eigenvalue weighted by molar-refractivity contribution is -0.918. The van der Waals surface area contributed by atoms with Gasteiger partial charge >= 0.3 is 0 Å². The molecule has 0 bridgehead atoms. The number of carbonyl (C=O) groups is 1. The van der Waals surface area contributed by atoms with Crippen LogP contribution in [-0.2, 0) is 24.2 Å². The third-order valence-electron chi connectivity index (χ3n) is 6.89. The van der Waals surface area contributed by atoms with Gasteiger partial charge in [-0.25, -0.2) is 4.98 Å². The summed E-state index contributed by atoms with van der Waals surface area (Å²) in [7, 11) is 0. The number of rotatable bonds is 3. The molecule has 30 heavy (non-hydrogen) atoms. The Morgan fingerprint density at radius 1 is 1.30 bits per heavy atom. The summed E-state index contributed by atoms with van der Waals surface area (Å²) in [5, 5.41) is 0.827. The first kappa shape index (κ1) is 21.5. The van der Waals surface area contributed by atoms with Gasteiger partial charge in [0.25, 0.3) is 5.56 Å². The second kappa shape index (κ2) is 8.08. The Morgan fingerprint density at radius 3 is 2.63 bits per heavy atom. The van der Waals surface area contributed by atoms with E-state index in [0.717, 1.165) is 61.5 Å². The number of amides is 1. The van der Waals surface area contributed by atoms with Gasteiger partial charge in [-0.2, -0.15) is 0 Å². The molecule has 1 fully saturated rings. The monoisotopic (exact) mass is 431 g/mol. The molecule has 1 aliphatic heterocycles. The minimum Gasteiger partial charge on any atom is -0.331 e. The molecule has 164 valence electrons. The summed E-state index contributed by atoms with van der Waals surface area (Å²) in [6.45, 7) is 14.9. The summed E-state index contributed by atoms with van der Waals surface area (Å²) in [5.41, 5.74) is 1.56. The number of quaternary nitrogens is 1. The molecule has 0 radical (unpaired) electrons. The van der Waals surface area contributed by atoms with Crippen LogP contribution >= 0.6 is 11.3 Å². The van der Waals surface area contributed by atoms with E-state index in [0.29, 0.717) is 17.9 Å². The predicted molar refractivity (Wildman–Crippen MR) is 121 cm³/mol. The van der Waals surface area contributed by atoms with Crippen molar-refractivity contribution in [1.29, 1.82) is 0 Å². The fourth-order valence-corrected chi connectivity index (χ4v) is 6.19. The maximum Gasteiger partial charge on any atom is 0.260 e. The summed E-state index contributed by atoms with van der Waals surface area (Å²) in [6, 6.07) is 0. The van der Waals surface area contributed by atoms with Crippen LogP contribution in [0.1, 0.15) is 57.3 Å². The van der Waals surface area contributed by atoms with Crippen molar-refractivity contribution < 1.29 is 9.69 Å². The molecule has 2 aliphatic rings. The Bertz CT molecular complexity index is 993. The summed E-state index contributed by atoms with van der Waals surface area (Å²) >= 11 is 1.72. The standard InChI is InChI=1S/C23H34N4O2S/c1-14(2)22(29)27-10-8-26(9-11-27)13-18-24-20(28)19-16-7-6-15(23(3,4)5)12-17(16)30-21(19)25-18/h14-15H,6-13H2,1-5H3,(H,24,25,28)/p+1/t15-/m1/s1. The molecule has 1 atom stereocenters. The maximum absolute atomic E-state index is 12.9. The number of nitrogens with one attached hydrogen (secondary N) is 2. The topological polar surface area (TPSA) is 70.5 Å². The van der Waals surface area contributed by atoms with Crippen molar-refractivity contribution in [2.75, 3.05) is 26.2 Å². The number of aromatic amines is 1. The molecule has 1 aliphatic carbocycles. The number of hydrogen-bond donors (Lipinski definition) is 2. The SMILES string of the molecule is CC(C)C(=O)N1CC[NH+](Cc2nc3sc4c(c3c(=O)[nH]2)CC[C@@H](C(C)(C)C)C4)CC1. The van der Waals surface area contributed by atoms with Crippen LogP contribution in [0.2, 0.25) is 0 Å². The van der Waals surface area contributed by atoms with Crippen LogP contribution in [0.4, 0.5) is 0 Å². The van der Waals surface area contributed by atoms with Crippen molar-refractivity contribution in [3.63, 3.8) is 0 Å². The summed E-state index contributed by atoms with van der Waals surface area (Å²) in [4.78, 5) is 38.6. The van der Waals surface area contributed by atoms with Crippen LogP contribution < -0.4 is 10.5 Å². The Balaban J connectivity index is 1.50. The minimum atomic E-state index is 0.0229. The van der Waals surface area contributed by atoms with E-state index in [9.17, 15) is 9.59 Å². The lowest BCUT2D eigenvalue weighted by Gasteiger charge is -2.33. The molecule has 2 aromatic rings. The zero-order valence-corrected chi connectivity index (χ0v) is 19.7. The van der Waals surface area contributed by atoms with Crippen molar-refractivity contribution in [2.24, 2.45) is 17.3 Å². The molecule has 0 unspecified atom stereocenters. The second-order valence-corrected chi connectivity index (χ2v) is 11.5. The number of nitrogens with zero attached hydrogens (tertiary/aromatic N) is 2. The van der Waals surface area contributed by atoms with Crippen LogP contribution in [0.15, 0.2) is 4.79 Å². The van der Waals surface area contributed by atoms with Crippen molar-refractivity contribution in [1.82, 2.24) is 14.9 Å². The van der Waals surface area contributed by atoms with Crippen LogP contribution in [0, 0.1) is 17.3 Å². The largest absolute Gasteiger partial charge is 0.331 e. The highest BCUT2D eigenvalue weighted by molar-refractivity contribution is 7.18. The number of thiophene rings is 1.